The van der Waals surface area contributed by atoms with E-state index < -0.39 is 11.7 Å². The number of ether oxygens (including phenoxy) is 1. The third-order valence-electron chi connectivity index (χ3n) is 2.66. The van der Waals surface area contributed by atoms with Crippen LogP contribution in [0.15, 0.2) is 24.3 Å². The van der Waals surface area contributed by atoms with E-state index in [2.05, 4.69) is 0 Å². The Kier molecular flexibility index (Phi) is 4.78. The van der Waals surface area contributed by atoms with Gasteiger partial charge in [-0.25, -0.2) is 0 Å². The third-order valence-corrected chi connectivity index (χ3v) is 2.91. The van der Waals surface area contributed by atoms with Crippen molar-refractivity contribution in [2.75, 3.05) is 6.61 Å². The van der Waals surface area contributed by atoms with E-state index in [9.17, 15) is 5.11 Å². The van der Waals surface area contributed by atoms with Crippen molar-refractivity contribution in [2.24, 2.45) is 0 Å². The first-order valence-electron chi connectivity index (χ1n) is 5.52. The summed E-state index contributed by atoms with van der Waals surface area (Å²) in [5.74, 6) is 0. The molecule has 0 saturated heterocycles. The van der Waals surface area contributed by atoms with Gasteiger partial charge >= 0.3 is 0 Å². The molecule has 0 aliphatic carbocycles. The van der Waals surface area contributed by atoms with Gasteiger partial charge in [0.25, 0.3) is 0 Å². The molecule has 0 amide bonds. The highest BCUT2D eigenvalue weighted by atomic mass is 35.5. The van der Waals surface area contributed by atoms with Crippen molar-refractivity contribution in [3.63, 3.8) is 0 Å². The van der Waals surface area contributed by atoms with Crippen molar-refractivity contribution >= 4 is 11.6 Å². The second-order valence-corrected chi connectivity index (χ2v) is 4.82. The van der Waals surface area contributed by atoms with Gasteiger partial charge in [-0.15, -0.1) is 0 Å². The normalized spacial score (nSPS) is 13.8. The molecule has 0 aromatic heterocycles. The van der Waals surface area contributed by atoms with Crippen molar-refractivity contribution < 1.29 is 9.84 Å². The topological polar surface area (TPSA) is 29.5 Å². The minimum absolute atomic E-state index is 0.519. The van der Waals surface area contributed by atoms with E-state index in [1.807, 2.05) is 45.0 Å². The van der Waals surface area contributed by atoms with Gasteiger partial charge in [0.2, 0.25) is 0 Å². The molecule has 2 nitrogen and oxygen atoms in total. The summed E-state index contributed by atoms with van der Waals surface area (Å²) in [6.45, 7) is 6.33. The minimum atomic E-state index is -0.520. The molecule has 0 saturated carbocycles. The van der Waals surface area contributed by atoms with E-state index >= 15 is 0 Å². The van der Waals surface area contributed by atoms with Gasteiger partial charge in [-0.1, -0.05) is 23.7 Å². The van der Waals surface area contributed by atoms with Gasteiger partial charge < -0.3 is 9.84 Å². The fourth-order valence-corrected chi connectivity index (χ4v) is 1.68. The number of hydrogen-bond donors (Lipinski definition) is 1. The summed E-state index contributed by atoms with van der Waals surface area (Å²) < 4.78 is 5.51. The van der Waals surface area contributed by atoms with E-state index in [0.717, 1.165) is 5.56 Å². The van der Waals surface area contributed by atoms with Gasteiger partial charge in [-0.05, 0) is 38.5 Å². The summed E-state index contributed by atoms with van der Waals surface area (Å²) >= 11 is 5.80. The van der Waals surface area contributed by atoms with Crippen LogP contribution in [0.25, 0.3) is 0 Å². The van der Waals surface area contributed by atoms with Crippen LogP contribution in [0.4, 0.5) is 0 Å². The zero-order valence-corrected chi connectivity index (χ0v) is 10.8. The molecule has 1 N–H and O–H groups in total. The number of rotatable bonds is 5. The first-order valence-corrected chi connectivity index (χ1v) is 5.90. The van der Waals surface area contributed by atoms with E-state index in [-0.39, 0.29) is 0 Å². The Labute approximate surface area is 102 Å². The average molecular weight is 243 g/mol. The Morgan fingerprint density at radius 1 is 1.31 bits per heavy atom. The smallest absolute Gasteiger partial charge is 0.0887 e. The first-order chi connectivity index (χ1) is 7.45. The predicted octanol–water partition coefficient (Wildman–Crippen LogP) is 3.06. The van der Waals surface area contributed by atoms with Crippen LogP contribution in [0.5, 0.6) is 0 Å². The Balaban J connectivity index is 2.63. The van der Waals surface area contributed by atoms with Crippen molar-refractivity contribution in [3.8, 4) is 0 Å². The summed E-state index contributed by atoms with van der Waals surface area (Å²) in [5, 5.41) is 10.8. The molecule has 0 aliphatic rings. The summed E-state index contributed by atoms with van der Waals surface area (Å²) in [5.41, 5.74) is 0.540. The van der Waals surface area contributed by atoms with Crippen LogP contribution in [0.3, 0.4) is 0 Å². The third kappa shape index (κ3) is 3.78. The van der Waals surface area contributed by atoms with Gasteiger partial charge in [0.05, 0.1) is 11.7 Å². The molecule has 0 fully saturated rings. The average Bonchev–Trinajstić information content (AvgIpc) is 2.21. The predicted molar refractivity (Wildman–Crippen MR) is 66.9 cm³/mol. The minimum Gasteiger partial charge on any atom is -0.390 e. The second-order valence-electron chi connectivity index (χ2n) is 4.38. The number of hydrogen-bond acceptors (Lipinski definition) is 2. The van der Waals surface area contributed by atoms with Crippen molar-refractivity contribution in [2.45, 2.75) is 38.9 Å². The largest absolute Gasteiger partial charge is 0.390 e. The molecule has 0 bridgehead atoms. The first kappa shape index (κ1) is 13.5. The molecule has 1 unspecified atom stereocenters. The van der Waals surface area contributed by atoms with Gasteiger partial charge in [-0.2, -0.15) is 0 Å². The fourth-order valence-electron chi connectivity index (χ4n) is 1.56. The van der Waals surface area contributed by atoms with Crippen LogP contribution in [-0.4, -0.2) is 23.4 Å². The van der Waals surface area contributed by atoms with Gasteiger partial charge in [-0.3, -0.25) is 0 Å². The molecule has 0 heterocycles. The van der Waals surface area contributed by atoms with Crippen LogP contribution in [0, 0.1) is 0 Å². The second kappa shape index (κ2) is 5.67. The maximum absolute atomic E-state index is 10.1. The lowest BCUT2D eigenvalue weighted by atomic mass is 9.95. The zero-order valence-electron chi connectivity index (χ0n) is 10.0. The van der Waals surface area contributed by atoms with E-state index in [4.69, 9.17) is 16.3 Å². The number of halogens is 1. The molecule has 16 heavy (non-hydrogen) atoms. The van der Waals surface area contributed by atoms with Crippen LogP contribution in [0.1, 0.15) is 26.3 Å². The maximum atomic E-state index is 10.1. The Hall–Kier alpha value is -0.570. The molecule has 0 radical (unpaired) electrons. The van der Waals surface area contributed by atoms with Gasteiger partial charge in [0, 0.05) is 18.1 Å². The number of aliphatic hydroxyl groups is 1. The molecule has 0 aliphatic heterocycles. The highest BCUT2D eigenvalue weighted by Crippen LogP contribution is 2.19. The lowest BCUT2D eigenvalue weighted by Crippen LogP contribution is -2.40. The molecule has 1 rings (SSSR count). The monoisotopic (exact) mass is 242 g/mol. The molecule has 90 valence electrons. The summed E-state index contributed by atoms with van der Waals surface area (Å²) in [6.07, 6.45) is 0.0538. The lowest BCUT2D eigenvalue weighted by molar-refractivity contribution is -0.0955. The highest BCUT2D eigenvalue weighted by Gasteiger charge is 2.28. The number of aliphatic hydroxyl groups excluding tert-OH is 1. The SMILES string of the molecule is CCOC(C)(C)C(O)Cc1ccc(Cl)cc1. The molecular weight excluding hydrogens is 224 g/mol. The Morgan fingerprint density at radius 2 is 1.88 bits per heavy atom. The van der Waals surface area contributed by atoms with E-state index in [0.29, 0.717) is 18.1 Å². The van der Waals surface area contributed by atoms with E-state index in [1.54, 1.807) is 0 Å². The summed E-state index contributed by atoms with van der Waals surface area (Å²) in [7, 11) is 0. The Morgan fingerprint density at radius 3 is 2.38 bits per heavy atom. The lowest BCUT2D eigenvalue weighted by Gasteiger charge is -2.30. The van der Waals surface area contributed by atoms with Gasteiger partial charge in [0.15, 0.2) is 0 Å². The molecule has 1 aromatic rings. The van der Waals surface area contributed by atoms with Crippen LogP contribution in [-0.2, 0) is 11.2 Å². The highest BCUT2D eigenvalue weighted by molar-refractivity contribution is 6.30. The molecule has 3 heteroatoms. The van der Waals surface area contributed by atoms with Crippen molar-refractivity contribution in [1.29, 1.82) is 0 Å². The zero-order chi connectivity index (χ0) is 12.2. The quantitative estimate of drug-likeness (QED) is 0.860. The van der Waals surface area contributed by atoms with Crippen molar-refractivity contribution in [3.05, 3.63) is 34.9 Å². The molecule has 1 atom stereocenters. The summed E-state index contributed by atoms with van der Waals surface area (Å²) in [4.78, 5) is 0. The van der Waals surface area contributed by atoms with Crippen LogP contribution >= 0.6 is 11.6 Å². The van der Waals surface area contributed by atoms with Gasteiger partial charge in [0.1, 0.15) is 0 Å². The molecule has 1 aromatic carbocycles. The van der Waals surface area contributed by atoms with Crippen molar-refractivity contribution in [1.82, 2.24) is 0 Å². The number of benzene rings is 1. The summed E-state index contributed by atoms with van der Waals surface area (Å²) in [6, 6.07) is 7.51. The molecule has 0 spiro atoms. The van der Waals surface area contributed by atoms with E-state index in [1.165, 1.54) is 0 Å². The maximum Gasteiger partial charge on any atom is 0.0887 e. The Bertz CT molecular complexity index is 319. The van der Waals surface area contributed by atoms with Crippen LogP contribution < -0.4 is 0 Å². The fraction of sp³-hybridized carbons (Fsp3) is 0.538. The van der Waals surface area contributed by atoms with Crippen LogP contribution in [0.2, 0.25) is 5.02 Å². The molecular formula is C13H19ClO2. The standard InChI is InChI=1S/C13H19ClO2/c1-4-16-13(2,3)12(15)9-10-5-7-11(14)8-6-10/h5-8,12,15H,4,9H2,1-3H3.